The van der Waals surface area contributed by atoms with Gasteiger partial charge in [0.15, 0.2) is 0 Å². The van der Waals surface area contributed by atoms with E-state index < -0.39 is 11.7 Å². The molecule has 2 aromatic carbocycles. The van der Waals surface area contributed by atoms with E-state index in [4.69, 9.17) is 21.6 Å². The van der Waals surface area contributed by atoms with E-state index >= 15 is 0 Å². The fraction of sp³-hybridized carbons (Fsp3) is 0.133. The van der Waals surface area contributed by atoms with Gasteiger partial charge < -0.3 is 4.74 Å². The van der Waals surface area contributed by atoms with Crippen molar-refractivity contribution in [2.24, 2.45) is 0 Å². The highest BCUT2D eigenvalue weighted by molar-refractivity contribution is 6.17. The van der Waals surface area contributed by atoms with Crippen LogP contribution in [0, 0.1) is 11.3 Å². The monoisotopic (exact) mass is 311 g/mol. The van der Waals surface area contributed by atoms with Crippen molar-refractivity contribution in [3.05, 3.63) is 59.2 Å². The zero-order valence-corrected chi connectivity index (χ0v) is 11.4. The Bertz CT molecular complexity index is 692. The molecular weight excluding hydrogens is 303 g/mol. The highest BCUT2D eigenvalue weighted by Gasteiger charge is 2.35. The highest BCUT2D eigenvalue weighted by atomic mass is 35.5. The SMILES string of the molecule is N#Cc1ccc(Oc2ccccc2CCl)c(C(F)(F)F)c1. The van der Waals surface area contributed by atoms with Crippen molar-refractivity contribution < 1.29 is 17.9 Å². The third kappa shape index (κ3) is 3.47. The number of para-hydroxylation sites is 1. The van der Waals surface area contributed by atoms with Crippen molar-refractivity contribution >= 4 is 11.6 Å². The van der Waals surface area contributed by atoms with E-state index in [9.17, 15) is 13.2 Å². The molecule has 0 aliphatic rings. The van der Waals surface area contributed by atoms with Gasteiger partial charge >= 0.3 is 6.18 Å². The van der Waals surface area contributed by atoms with Gasteiger partial charge in [0.05, 0.1) is 23.1 Å². The van der Waals surface area contributed by atoms with E-state index in [0.717, 1.165) is 12.1 Å². The number of hydrogen-bond acceptors (Lipinski definition) is 2. The van der Waals surface area contributed by atoms with E-state index in [1.807, 2.05) is 0 Å². The topological polar surface area (TPSA) is 33.0 Å². The third-order valence-electron chi connectivity index (χ3n) is 2.75. The Kier molecular flexibility index (Phi) is 4.39. The summed E-state index contributed by atoms with van der Waals surface area (Å²) in [6.07, 6.45) is -4.61. The molecule has 0 aliphatic carbocycles. The molecule has 0 unspecified atom stereocenters. The molecule has 0 saturated carbocycles. The van der Waals surface area contributed by atoms with Crippen LogP contribution >= 0.6 is 11.6 Å². The Morgan fingerprint density at radius 2 is 1.81 bits per heavy atom. The van der Waals surface area contributed by atoms with Crippen molar-refractivity contribution in [1.29, 1.82) is 5.26 Å². The van der Waals surface area contributed by atoms with Crippen LogP contribution in [-0.2, 0) is 12.1 Å². The molecule has 0 aromatic heterocycles. The first kappa shape index (κ1) is 15.2. The molecule has 2 aromatic rings. The summed E-state index contributed by atoms with van der Waals surface area (Å²) in [6, 6.07) is 11.4. The summed E-state index contributed by atoms with van der Waals surface area (Å²) in [5, 5.41) is 8.71. The van der Waals surface area contributed by atoms with Gasteiger partial charge in [-0.25, -0.2) is 0 Å². The lowest BCUT2D eigenvalue weighted by atomic mass is 10.1. The number of rotatable bonds is 3. The molecular formula is C15H9ClF3NO. The first-order chi connectivity index (χ1) is 9.95. The second-order valence-electron chi connectivity index (χ2n) is 4.16. The van der Waals surface area contributed by atoms with Crippen LogP contribution in [-0.4, -0.2) is 0 Å². The van der Waals surface area contributed by atoms with E-state index in [0.29, 0.717) is 5.56 Å². The maximum Gasteiger partial charge on any atom is 0.420 e. The lowest BCUT2D eigenvalue weighted by molar-refractivity contribution is -0.138. The number of alkyl halides is 4. The average molecular weight is 312 g/mol. The molecule has 0 saturated heterocycles. The van der Waals surface area contributed by atoms with Crippen LogP contribution < -0.4 is 4.74 Å². The number of hydrogen-bond donors (Lipinski definition) is 0. The van der Waals surface area contributed by atoms with Gasteiger partial charge in [0.1, 0.15) is 11.5 Å². The lowest BCUT2D eigenvalue weighted by Crippen LogP contribution is -2.08. The number of nitriles is 1. The van der Waals surface area contributed by atoms with E-state index in [-0.39, 0.29) is 22.9 Å². The minimum absolute atomic E-state index is 0.0831. The van der Waals surface area contributed by atoms with Crippen molar-refractivity contribution in [3.8, 4) is 17.6 Å². The van der Waals surface area contributed by atoms with E-state index in [1.54, 1.807) is 24.3 Å². The Labute approximate surface area is 124 Å². The number of halogens is 4. The molecule has 0 spiro atoms. The van der Waals surface area contributed by atoms with Crippen LogP contribution in [0.5, 0.6) is 11.5 Å². The summed E-state index contributed by atoms with van der Waals surface area (Å²) in [5.41, 5.74) is -0.497. The van der Waals surface area contributed by atoms with Crippen LogP contribution in [0.4, 0.5) is 13.2 Å². The average Bonchev–Trinajstić information content (AvgIpc) is 2.47. The predicted octanol–water partition coefficient (Wildman–Crippen LogP) is 5.11. The van der Waals surface area contributed by atoms with Crippen LogP contribution in [0.3, 0.4) is 0 Å². The summed E-state index contributed by atoms with van der Waals surface area (Å²) >= 11 is 5.73. The molecule has 0 aliphatic heterocycles. The molecule has 0 amide bonds. The van der Waals surface area contributed by atoms with E-state index in [2.05, 4.69) is 0 Å². The molecule has 21 heavy (non-hydrogen) atoms. The number of benzene rings is 2. The van der Waals surface area contributed by atoms with Gasteiger partial charge in [-0.2, -0.15) is 18.4 Å². The van der Waals surface area contributed by atoms with Crippen molar-refractivity contribution in [1.82, 2.24) is 0 Å². The van der Waals surface area contributed by atoms with Gasteiger partial charge in [0, 0.05) is 5.56 Å². The maximum absolute atomic E-state index is 13.0. The summed E-state index contributed by atoms with van der Waals surface area (Å²) in [7, 11) is 0. The molecule has 0 bridgehead atoms. The molecule has 0 radical (unpaired) electrons. The zero-order chi connectivity index (χ0) is 15.5. The molecule has 0 heterocycles. The smallest absolute Gasteiger partial charge is 0.420 e. The Morgan fingerprint density at radius 1 is 1.10 bits per heavy atom. The number of nitrogens with zero attached hydrogens (tertiary/aromatic N) is 1. The lowest BCUT2D eigenvalue weighted by Gasteiger charge is -2.15. The molecule has 0 atom stereocenters. The Morgan fingerprint density at radius 3 is 2.43 bits per heavy atom. The second kappa shape index (κ2) is 6.06. The molecule has 108 valence electrons. The fourth-order valence-corrected chi connectivity index (χ4v) is 1.96. The zero-order valence-electron chi connectivity index (χ0n) is 10.6. The maximum atomic E-state index is 13.0. The predicted molar refractivity (Wildman–Crippen MR) is 72.2 cm³/mol. The normalized spacial score (nSPS) is 11.0. The molecule has 0 N–H and O–H groups in total. The molecule has 6 heteroatoms. The van der Waals surface area contributed by atoms with Crippen molar-refractivity contribution in [2.75, 3.05) is 0 Å². The van der Waals surface area contributed by atoms with Crippen LogP contribution in [0.15, 0.2) is 42.5 Å². The van der Waals surface area contributed by atoms with Crippen molar-refractivity contribution in [2.45, 2.75) is 12.1 Å². The Balaban J connectivity index is 2.47. The van der Waals surface area contributed by atoms with Gasteiger partial charge in [-0.1, -0.05) is 18.2 Å². The van der Waals surface area contributed by atoms with Gasteiger partial charge in [-0.3, -0.25) is 0 Å². The minimum Gasteiger partial charge on any atom is -0.456 e. The fourth-order valence-electron chi connectivity index (χ4n) is 1.74. The Hall–Kier alpha value is -2.19. The summed E-state index contributed by atoms with van der Waals surface area (Å²) in [5.74, 6) is 0.00938. The largest absolute Gasteiger partial charge is 0.456 e. The van der Waals surface area contributed by atoms with Gasteiger partial charge in [-0.05, 0) is 24.3 Å². The molecule has 0 fully saturated rings. The summed E-state index contributed by atoms with van der Waals surface area (Å²) in [6.45, 7) is 0. The highest BCUT2D eigenvalue weighted by Crippen LogP contribution is 2.39. The minimum atomic E-state index is -4.61. The van der Waals surface area contributed by atoms with E-state index in [1.165, 1.54) is 12.1 Å². The summed E-state index contributed by atoms with van der Waals surface area (Å²) in [4.78, 5) is 0. The van der Waals surface area contributed by atoms with Crippen LogP contribution in [0.25, 0.3) is 0 Å². The third-order valence-corrected chi connectivity index (χ3v) is 3.04. The summed E-state index contributed by atoms with van der Waals surface area (Å²) < 4.78 is 44.4. The molecule has 2 rings (SSSR count). The van der Waals surface area contributed by atoms with Gasteiger partial charge in [0.2, 0.25) is 0 Å². The first-order valence-electron chi connectivity index (χ1n) is 5.89. The second-order valence-corrected chi connectivity index (χ2v) is 4.43. The van der Waals surface area contributed by atoms with Crippen LogP contribution in [0.1, 0.15) is 16.7 Å². The van der Waals surface area contributed by atoms with Gasteiger partial charge in [-0.15, -0.1) is 11.6 Å². The standard InChI is InChI=1S/C15H9ClF3NO/c16-8-11-3-1-2-4-13(11)21-14-6-5-10(9-20)7-12(14)15(17,18)19/h1-7H,8H2. The van der Waals surface area contributed by atoms with Crippen molar-refractivity contribution in [3.63, 3.8) is 0 Å². The molecule has 2 nitrogen and oxygen atoms in total. The quantitative estimate of drug-likeness (QED) is 0.738. The first-order valence-corrected chi connectivity index (χ1v) is 6.42. The number of ether oxygens (including phenoxy) is 1. The van der Waals surface area contributed by atoms with Crippen LogP contribution in [0.2, 0.25) is 0 Å². The van der Waals surface area contributed by atoms with Gasteiger partial charge in [0.25, 0.3) is 0 Å².